The molecule has 1 N–H and O–H groups in total. The van der Waals surface area contributed by atoms with Crippen LogP contribution in [-0.2, 0) is 0 Å². The highest BCUT2D eigenvalue weighted by Gasteiger charge is 2.10. The summed E-state index contributed by atoms with van der Waals surface area (Å²) in [6.07, 6.45) is -1.23. The molecule has 1 aromatic rings. The van der Waals surface area contributed by atoms with Crippen LogP contribution >= 0.6 is 0 Å². The molecule has 0 spiro atoms. The van der Waals surface area contributed by atoms with Gasteiger partial charge in [0.15, 0.2) is 0 Å². The molecule has 5 heteroatoms. The molecule has 0 aliphatic rings. The van der Waals surface area contributed by atoms with E-state index in [1.807, 2.05) is 0 Å². The maximum Gasteiger partial charge on any atom is 0.311 e. The fourth-order valence-corrected chi connectivity index (χ4v) is 0.631. The smallest absolute Gasteiger partial charge is 0.311 e. The second-order valence-corrected chi connectivity index (χ2v) is 2.06. The van der Waals surface area contributed by atoms with Gasteiger partial charge >= 0.3 is 6.08 Å². The lowest BCUT2D eigenvalue weighted by molar-refractivity contribution is 0.191. The lowest BCUT2D eigenvalue weighted by atomic mass is 10.2. The molecule has 0 fully saturated rings. The first kappa shape index (κ1) is 8.00. The molecule has 0 amide bonds. The van der Waals surface area contributed by atoms with Crippen molar-refractivity contribution < 1.29 is 13.9 Å². The zero-order chi connectivity index (χ0) is 8.43. The summed E-state index contributed by atoms with van der Waals surface area (Å²) < 4.78 is 24.6. The molecule has 1 atom stereocenters. The van der Waals surface area contributed by atoms with Crippen LogP contribution in [0.4, 0.5) is 8.78 Å². The third-order valence-electron chi connectivity index (χ3n) is 1.19. The number of nitrogens with zero attached hydrogens (tertiary/aromatic N) is 2. The fourth-order valence-electron chi connectivity index (χ4n) is 0.631. The maximum atomic E-state index is 12.6. The average molecular weight is 160 g/mol. The van der Waals surface area contributed by atoms with E-state index in [0.29, 0.717) is 0 Å². The van der Waals surface area contributed by atoms with Gasteiger partial charge in [-0.05, 0) is 6.92 Å². The first-order valence-electron chi connectivity index (χ1n) is 2.97. The predicted octanol–water partition coefficient (Wildman–Crippen LogP) is 0.808. The Morgan fingerprint density at radius 2 is 2.18 bits per heavy atom. The average Bonchev–Trinajstić information content (AvgIpc) is 1.85. The highest BCUT2D eigenvalue weighted by atomic mass is 19.1. The molecule has 0 bridgehead atoms. The molecular formula is C6H6F2N2O. The molecule has 0 aliphatic heterocycles. The molecule has 0 aliphatic carbocycles. The summed E-state index contributed by atoms with van der Waals surface area (Å²) in [4.78, 5) is 5.87. The van der Waals surface area contributed by atoms with E-state index in [9.17, 15) is 8.78 Å². The summed E-state index contributed by atoms with van der Waals surface area (Å²) in [5, 5.41) is 8.85. The largest absolute Gasteiger partial charge is 0.388 e. The van der Waals surface area contributed by atoms with E-state index in [1.165, 1.54) is 6.92 Å². The zero-order valence-electron chi connectivity index (χ0n) is 5.75. The molecule has 11 heavy (non-hydrogen) atoms. The Bertz CT molecular complexity index is 265. The van der Waals surface area contributed by atoms with Gasteiger partial charge in [-0.2, -0.15) is 13.8 Å². The van der Waals surface area contributed by atoms with Gasteiger partial charge in [-0.15, -0.1) is 0 Å². The van der Waals surface area contributed by atoms with Crippen molar-refractivity contribution in [3.05, 3.63) is 23.8 Å². The lowest BCUT2D eigenvalue weighted by Crippen LogP contribution is -2.02. The Hall–Kier alpha value is -1.10. The quantitative estimate of drug-likeness (QED) is 0.488. The van der Waals surface area contributed by atoms with Crippen LogP contribution in [-0.4, -0.2) is 15.1 Å². The molecule has 60 valence electrons. The molecule has 1 aromatic heterocycles. The van der Waals surface area contributed by atoms with Gasteiger partial charge in [0.2, 0.25) is 5.95 Å². The summed E-state index contributed by atoms with van der Waals surface area (Å²) in [6, 6.07) is 0. The van der Waals surface area contributed by atoms with Gasteiger partial charge in [0, 0.05) is 6.20 Å². The van der Waals surface area contributed by atoms with Crippen LogP contribution in [0.3, 0.4) is 0 Å². The second kappa shape index (κ2) is 2.87. The normalized spacial score (nSPS) is 13.1. The van der Waals surface area contributed by atoms with E-state index in [4.69, 9.17) is 5.11 Å². The predicted molar refractivity (Wildman–Crippen MR) is 32.6 cm³/mol. The Balaban J connectivity index is 3.09. The van der Waals surface area contributed by atoms with Crippen LogP contribution in [0, 0.1) is 12.0 Å². The number of hydrogen-bond acceptors (Lipinski definition) is 3. The number of halogens is 2. The van der Waals surface area contributed by atoms with Crippen LogP contribution in [0.15, 0.2) is 6.20 Å². The van der Waals surface area contributed by atoms with Gasteiger partial charge in [-0.1, -0.05) is 0 Å². The Labute approximate surface area is 61.7 Å². The van der Waals surface area contributed by atoms with E-state index in [2.05, 4.69) is 9.97 Å². The lowest BCUT2D eigenvalue weighted by Gasteiger charge is -2.02. The van der Waals surface area contributed by atoms with Crippen molar-refractivity contribution in [1.29, 1.82) is 0 Å². The van der Waals surface area contributed by atoms with E-state index >= 15 is 0 Å². The minimum absolute atomic E-state index is 0.105. The highest BCUT2D eigenvalue weighted by Crippen LogP contribution is 2.12. The number of hydrogen-bond donors (Lipinski definition) is 1. The van der Waals surface area contributed by atoms with Crippen molar-refractivity contribution in [3.63, 3.8) is 0 Å². The monoisotopic (exact) mass is 160 g/mol. The van der Waals surface area contributed by atoms with Gasteiger partial charge in [0.05, 0.1) is 11.7 Å². The van der Waals surface area contributed by atoms with E-state index in [1.54, 1.807) is 0 Å². The molecule has 0 saturated heterocycles. The van der Waals surface area contributed by atoms with Crippen LogP contribution in [0.5, 0.6) is 0 Å². The number of aliphatic hydroxyl groups excluding tert-OH is 1. The molecular weight excluding hydrogens is 154 g/mol. The molecule has 3 nitrogen and oxygen atoms in total. The van der Waals surface area contributed by atoms with Crippen LogP contribution < -0.4 is 0 Å². The summed E-state index contributed by atoms with van der Waals surface area (Å²) in [6.45, 7) is 1.35. The molecule has 0 saturated carbocycles. The number of aromatic nitrogens is 2. The van der Waals surface area contributed by atoms with Crippen molar-refractivity contribution in [2.45, 2.75) is 13.0 Å². The second-order valence-electron chi connectivity index (χ2n) is 2.06. The summed E-state index contributed by atoms with van der Waals surface area (Å²) >= 11 is 0. The van der Waals surface area contributed by atoms with E-state index in [0.717, 1.165) is 6.20 Å². The van der Waals surface area contributed by atoms with Crippen molar-refractivity contribution in [2.24, 2.45) is 0 Å². The van der Waals surface area contributed by atoms with Crippen LogP contribution in [0.1, 0.15) is 18.6 Å². The molecule has 0 radical (unpaired) electrons. The Morgan fingerprint density at radius 1 is 1.55 bits per heavy atom. The first-order valence-corrected chi connectivity index (χ1v) is 2.97. The Morgan fingerprint density at radius 3 is 2.64 bits per heavy atom. The SMILES string of the molecule is C[C@@H](O)c1cnc(F)nc1F. The molecule has 0 unspecified atom stereocenters. The minimum Gasteiger partial charge on any atom is -0.388 e. The van der Waals surface area contributed by atoms with E-state index < -0.39 is 18.1 Å². The third kappa shape index (κ3) is 1.68. The molecule has 0 aromatic carbocycles. The fraction of sp³-hybridized carbons (Fsp3) is 0.333. The van der Waals surface area contributed by atoms with Gasteiger partial charge in [-0.3, -0.25) is 0 Å². The summed E-state index contributed by atoms with van der Waals surface area (Å²) in [5.74, 6) is -1.02. The minimum atomic E-state index is -1.13. The Kier molecular flexibility index (Phi) is 2.09. The third-order valence-corrected chi connectivity index (χ3v) is 1.19. The van der Waals surface area contributed by atoms with Crippen molar-refractivity contribution in [2.75, 3.05) is 0 Å². The standard InChI is InChI=1S/C6H6F2N2O/c1-3(11)4-2-9-6(8)10-5(4)7/h2-3,11H,1H3/t3-/m1/s1. The van der Waals surface area contributed by atoms with Crippen LogP contribution in [0.25, 0.3) is 0 Å². The van der Waals surface area contributed by atoms with Crippen LogP contribution in [0.2, 0.25) is 0 Å². The van der Waals surface area contributed by atoms with Gasteiger partial charge in [-0.25, -0.2) is 4.98 Å². The summed E-state index contributed by atoms with van der Waals surface area (Å²) in [7, 11) is 0. The van der Waals surface area contributed by atoms with Gasteiger partial charge in [0.25, 0.3) is 0 Å². The zero-order valence-corrected chi connectivity index (χ0v) is 5.75. The van der Waals surface area contributed by atoms with Gasteiger partial charge < -0.3 is 5.11 Å². The van der Waals surface area contributed by atoms with Crippen molar-refractivity contribution in [3.8, 4) is 0 Å². The first-order chi connectivity index (χ1) is 5.11. The van der Waals surface area contributed by atoms with Gasteiger partial charge in [0.1, 0.15) is 0 Å². The topological polar surface area (TPSA) is 46.0 Å². The molecule has 1 rings (SSSR count). The van der Waals surface area contributed by atoms with Crippen molar-refractivity contribution >= 4 is 0 Å². The highest BCUT2D eigenvalue weighted by molar-refractivity contribution is 5.07. The van der Waals surface area contributed by atoms with Crippen molar-refractivity contribution in [1.82, 2.24) is 9.97 Å². The maximum absolute atomic E-state index is 12.6. The number of rotatable bonds is 1. The summed E-state index contributed by atoms with van der Waals surface area (Å²) in [5.41, 5.74) is -0.105. The van der Waals surface area contributed by atoms with E-state index in [-0.39, 0.29) is 5.56 Å². The molecule has 1 heterocycles. The number of aliphatic hydroxyl groups is 1.